The van der Waals surface area contributed by atoms with Gasteiger partial charge in [-0.15, -0.1) is 0 Å². The molecule has 0 bridgehead atoms. The van der Waals surface area contributed by atoms with Gasteiger partial charge in [-0.05, 0) is 56.3 Å². The second-order valence-corrected chi connectivity index (χ2v) is 5.57. The zero-order chi connectivity index (χ0) is 14.7. The molecule has 20 heavy (non-hydrogen) atoms. The predicted octanol–water partition coefficient (Wildman–Crippen LogP) is 2.22. The van der Waals surface area contributed by atoms with E-state index in [4.69, 9.17) is 0 Å². The molecule has 1 aliphatic carbocycles. The Labute approximate surface area is 119 Å². The number of likely N-dealkylation sites (N-methyl/N-ethyl adjacent to an activating group) is 1. The van der Waals surface area contributed by atoms with Crippen LogP contribution in [0.3, 0.4) is 0 Å². The number of nitrogens with one attached hydrogen (secondary N) is 1. The quantitative estimate of drug-likeness (QED) is 0.894. The summed E-state index contributed by atoms with van der Waals surface area (Å²) in [4.78, 5) is 14.0. The summed E-state index contributed by atoms with van der Waals surface area (Å²) in [6, 6.07) is 4.82. The first-order valence-corrected chi connectivity index (χ1v) is 6.86. The van der Waals surface area contributed by atoms with E-state index in [1.807, 2.05) is 32.0 Å². The van der Waals surface area contributed by atoms with E-state index in [2.05, 4.69) is 5.32 Å². The van der Waals surface area contributed by atoms with E-state index >= 15 is 0 Å². The van der Waals surface area contributed by atoms with Gasteiger partial charge in [-0.3, -0.25) is 4.79 Å². The van der Waals surface area contributed by atoms with E-state index in [0.717, 1.165) is 35.2 Å². The maximum atomic E-state index is 13.4. The minimum absolute atomic E-state index is 0.00156. The molecule has 0 fully saturated rings. The monoisotopic (exact) mass is 276 g/mol. The second kappa shape index (κ2) is 6.18. The van der Waals surface area contributed by atoms with Crippen molar-refractivity contribution < 1.29 is 9.18 Å². The van der Waals surface area contributed by atoms with Crippen LogP contribution in [-0.4, -0.2) is 38.0 Å². The van der Waals surface area contributed by atoms with Crippen LogP contribution in [0.25, 0.3) is 5.57 Å². The molecule has 1 aliphatic rings. The van der Waals surface area contributed by atoms with Crippen LogP contribution in [0.5, 0.6) is 0 Å². The molecule has 108 valence electrons. The Hall–Kier alpha value is -1.68. The topological polar surface area (TPSA) is 32.3 Å². The molecule has 0 atom stereocenters. The van der Waals surface area contributed by atoms with Gasteiger partial charge in [0.1, 0.15) is 5.82 Å². The van der Waals surface area contributed by atoms with Crippen LogP contribution in [0.1, 0.15) is 24.5 Å². The molecule has 0 heterocycles. The molecule has 0 saturated carbocycles. The Morgan fingerprint density at radius 3 is 2.85 bits per heavy atom. The third-order valence-corrected chi connectivity index (χ3v) is 3.59. The van der Waals surface area contributed by atoms with Gasteiger partial charge in [-0.1, -0.05) is 11.6 Å². The highest BCUT2D eigenvalue weighted by Crippen LogP contribution is 2.35. The first-order valence-electron chi connectivity index (χ1n) is 6.86. The van der Waals surface area contributed by atoms with E-state index in [-0.39, 0.29) is 11.7 Å². The molecule has 1 aromatic rings. The van der Waals surface area contributed by atoms with Gasteiger partial charge >= 0.3 is 0 Å². The average Bonchev–Trinajstić information content (AvgIpc) is 2.65. The average molecular weight is 276 g/mol. The Morgan fingerprint density at radius 2 is 2.15 bits per heavy atom. The van der Waals surface area contributed by atoms with Gasteiger partial charge in [0, 0.05) is 13.1 Å². The fourth-order valence-electron chi connectivity index (χ4n) is 2.49. The van der Waals surface area contributed by atoms with Gasteiger partial charge in [-0.25, -0.2) is 4.39 Å². The van der Waals surface area contributed by atoms with E-state index in [0.29, 0.717) is 13.0 Å². The smallest absolute Gasteiger partial charge is 0.224 e. The number of carbonyl (C=O) groups excluding carboxylic acids is 1. The fraction of sp³-hybridized carbons (Fsp3) is 0.438. The summed E-state index contributed by atoms with van der Waals surface area (Å²) in [7, 11) is 3.93. The van der Waals surface area contributed by atoms with Gasteiger partial charge in [0.05, 0.1) is 6.42 Å². The third-order valence-electron chi connectivity index (χ3n) is 3.59. The molecule has 2 rings (SSSR count). The first-order chi connectivity index (χ1) is 9.47. The summed E-state index contributed by atoms with van der Waals surface area (Å²) in [6.07, 6.45) is 1.14. The number of hydrogen-bond acceptors (Lipinski definition) is 2. The molecule has 1 aromatic carbocycles. The number of amides is 1. The van der Waals surface area contributed by atoms with Crippen molar-refractivity contribution in [2.24, 2.45) is 0 Å². The maximum absolute atomic E-state index is 13.4. The summed E-state index contributed by atoms with van der Waals surface area (Å²) < 4.78 is 13.4. The molecular formula is C16H21FN2O. The molecule has 0 unspecified atom stereocenters. The predicted molar refractivity (Wildman–Crippen MR) is 78.9 cm³/mol. The number of nitrogens with zero attached hydrogens (tertiary/aromatic N) is 1. The van der Waals surface area contributed by atoms with Gasteiger partial charge in [0.25, 0.3) is 0 Å². The van der Waals surface area contributed by atoms with Crippen molar-refractivity contribution in [3.8, 4) is 0 Å². The Balaban J connectivity index is 2.01. The molecule has 0 spiro atoms. The highest BCUT2D eigenvalue weighted by molar-refractivity contribution is 5.91. The molecular weight excluding hydrogens is 255 g/mol. The van der Waals surface area contributed by atoms with Crippen LogP contribution >= 0.6 is 0 Å². The van der Waals surface area contributed by atoms with Gasteiger partial charge < -0.3 is 10.2 Å². The highest BCUT2D eigenvalue weighted by Gasteiger charge is 2.21. The lowest BCUT2D eigenvalue weighted by Gasteiger charge is -2.11. The number of fused-ring (bicyclic) bond motifs is 1. The van der Waals surface area contributed by atoms with Crippen LogP contribution < -0.4 is 5.32 Å². The number of benzene rings is 1. The van der Waals surface area contributed by atoms with Crippen molar-refractivity contribution in [1.82, 2.24) is 10.2 Å². The molecule has 0 aromatic heterocycles. The lowest BCUT2D eigenvalue weighted by atomic mass is 10.0. The van der Waals surface area contributed by atoms with Crippen molar-refractivity contribution in [1.29, 1.82) is 0 Å². The molecule has 0 aliphatic heterocycles. The Bertz CT molecular complexity index is 549. The molecule has 0 radical (unpaired) electrons. The van der Waals surface area contributed by atoms with Crippen molar-refractivity contribution in [2.75, 3.05) is 27.2 Å². The van der Waals surface area contributed by atoms with Crippen molar-refractivity contribution in [3.05, 3.63) is 40.7 Å². The summed E-state index contributed by atoms with van der Waals surface area (Å²) in [6.45, 7) is 3.46. The zero-order valence-electron chi connectivity index (χ0n) is 12.3. The summed E-state index contributed by atoms with van der Waals surface area (Å²) in [5, 5.41) is 2.90. The van der Waals surface area contributed by atoms with Crippen LogP contribution in [0.4, 0.5) is 4.39 Å². The lowest BCUT2D eigenvalue weighted by molar-refractivity contribution is -0.120. The SMILES string of the molecule is CC1=C(CC(=O)NCCN(C)C)c2cc(F)ccc2C1. The van der Waals surface area contributed by atoms with Crippen molar-refractivity contribution in [3.63, 3.8) is 0 Å². The van der Waals surface area contributed by atoms with E-state index in [1.165, 1.54) is 12.1 Å². The second-order valence-electron chi connectivity index (χ2n) is 5.57. The first kappa shape index (κ1) is 14.7. The van der Waals surface area contributed by atoms with Crippen molar-refractivity contribution in [2.45, 2.75) is 19.8 Å². The number of hydrogen-bond donors (Lipinski definition) is 1. The number of halogens is 1. The van der Waals surface area contributed by atoms with Crippen LogP contribution in [0.2, 0.25) is 0 Å². The molecule has 0 saturated heterocycles. The van der Waals surface area contributed by atoms with Gasteiger partial charge in [0.2, 0.25) is 5.91 Å². The fourth-order valence-corrected chi connectivity index (χ4v) is 2.49. The zero-order valence-corrected chi connectivity index (χ0v) is 12.3. The van der Waals surface area contributed by atoms with Crippen LogP contribution in [-0.2, 0) is 11.2 Å². The highest BCUT2D eigenvalue weighted by atomic mass is 19.1. The van der Waals surface area contributed by atoms with Crippen molar-refractivity contribution >= 4 is 11.5 Å². The normalized spacial score (nSPS) is 13.8. The lowest BCUT2D eigenvalue weighted by Crippen LogP contribution is -2.31. The number of carbonyl (C=O) groups is 1. The van der Waals surface area contributed by atoms with Crippen LogP contribution in [0, 0.1) is 5.82 Å². The summed E-state index contributed by atoms with van der Waals surface area (Å²) >= 11 is 0. The summed E-state index contributed by atoms with van der Waals surface area (Å²) in [5.41, 5.74) is 4.14. The van der Waals surface area contributed by atoms with Gasteiger partial charge in [0.15, 0.2) is 0 Å². The van der Waals surface area contributed by atoms with Crippen LogP contribution in [0.15, 0.2) is 23.8 Å². The number of allylic oxidation sites excluding steroid dienone is 1. The molecule has 4 heteroatoms. The minimum atomic E-state index is -0.246. The third kappa shape index (κ3) is 3.45. The Kier molecular flexibility index (Phi) is 4.55. The van der Waals surface area contributed by atoms with E-state index < -0.39 is 0 Å². The standard InChI is InChI=1S/C16H21FN2O/c1-11-8-12-4-5-13(17)9-15(12)14(11)10-16(20)18-6-7-19(2)3/h4-5,9H,6-8,10H2,1-3H3,(H,18,20). The van der Waals surface area contributed by atoms with E-state index in [1.54, 1.807) is 0 Å². The van der Waals surface area contributed by atoms with E-state index in [9.17, 15) is 9.18 Å². The Morgan fingerprint density at radius 1 is 1.40 bits per heavy atom. The minimum Gasteiger partial charge on any atom is -0.355 e. The number of rotatable bonds is 5. The molecule has 1 N–H and O–H groups in total. The molecule has 1 amide bonds. The summed E-state index contributed by atoms with van der Waals surface area (Å²) in [5.74, 6) is -0.248. The molecule has 3 nitrogen and oxygen atoms in total. The maximum Gasteiger partial charge on any atom is 0.224 e. The largest absolute Gasteiger partial charge is 0.355 e. The van der Waals surface area contributed by atoms with Gasteiger partial charge in [-0.2, -0.15) is 0 Å².